The lowest BCUT2D eigenvalue weighted by Gasteiger charge is -2.33. The highest BCUT2D eigenvalue weighted by Crippen LogP contribution is 2.29. The van der Waals surface area contributed by atoms with Crippen LogP contribution in [0.3, 0.4) is 0 Å². The van der Waals surface area contributed by atoms with Gasteiger partial charge in [0.15, 0.2) is 0 Å². The van der Waals surface area contributed by atoms with E-state index in [2.05, 4.69) is 40.8 Å². The fraction of sp³-hybridized carbons (Fsp3) is 0.667. The lowest BCUT2D eigenvalue weighted by molar-refractivity contribution is 0.147. The molecule has 2 aliphatic heterocycles. The zero-order valence-corrected chi connectivity index (χ0v) is 14.3. The van der Waals surface area contributed by atoms with E-state index in [0.29, 0.717) is 0 Å². The van der Waals surface area contributed by atoms with Crippen LogP contribution in [0.15, 0.2) is 12.1 Å². The average Bonchev–Trinajstić information content (AvgIpc) is 2.55. The molecule has 0 spiro atoms. The molecular formula is C18H29N3O. The van der Waals surface area contributed by atoms with Crippen molar-refractivity contribution in [3.05, 3.63) is 28.8 Å². The second-order valence-electron chi connectivity index (χ2n) is 6.63. The number of likely N-dealkylation sites (N-methyl/N-ethyl adjacent to an activating group) is 2. The minimum atomic E-state index is 1.02. The molecule has 2 heterocycles. The summed E-state index contributed by atoms with van der Waals surface area (Å²) in [6.07, 6.45) is 1.17. The second-order valence-corrected chi connectivity index (χ2v) is 6.63. The van der Waals surface area contributed by atoms with Crippen LogP contribution in [0.1, 0.15) is 23.6 Å². The van der Waals surface area contributed by atoms with E-state index in [-0.39, 0.29) is 0 Å². The largest absolute Gasteiger partial charge is 0.496 e. The van der Waals surface area contributed by atoms with Crippen molar-refractivity contribution in [1.29, 1.82) is 0 Å². The maximum Gasteiger partial charge on any atom is 0.123 e. The molecule has 0 saturated carbocycles. The molecule has 3 rings (SSSR count). The molecule has 1 aromatic rings. The highest BCUT2D eigenvalue weighted by molar-refractivity contribution is 5.44. The molecule has 4 nitrogen and oxygen atoms in total. The quantitative estimate of drug-likeness (QED) is 0.844. The number of hydrogen-bond acceptors (Lipinski definition) is 4. The number of rotatable bonds is 4. The lowest BCUT2D eigenvalue weighted by Crippen LogP contribution is -2.44. The molecule has 0 radical (unpaired) electrons. The normalized spacial score (nSPS) is 20.9. The zero-order chi connectivity index (χ0) is 15.5. The number of piperazine rings is 1. The summed E-state index contributed by atoms with van der Waals surface area (Å²) in [4.78, 5) is 7.45. The van der Waals surface area contributed by atoms with Gasteiger partial charge in [-0.1, -0.05) is 13.0 Å². The minimum absolute atomic E-state index is 1.02. The Hall–Kier alpha value is -1.10. The molecular weight excluding hydrogens is 274 g/mol. The highest BCUT2D eigenvalue weighted by atomic mass is 16.5. The molecule has 0 amide bonds. The molecule has 0 bridgehead atoms. The topological polar surface area (TPSA) is 19.0 Å². The SMILES string of the molecule is CCN1CCc2cc(CN3CCN(C)CC3)c(OC)cc2C1. The van der Waals surface area contributed by atoms with Crippen LogP contribution in [-0.2, 0) is 19.5 Å². The standard InChI is InChI=1S/C18H29N3O/c1-4-20-6-5-15-11-17(18(22-3)12-16(15)13-20)14-21-9-7-19(2)8-10-21/h11-12H,4-10,13-14H2,1-3H3. The number of nitrogens with zero attached hydrogens (tertiary/aromatic N) is 3. The van der Waals surface area contributed by atoms with E-state index in [1.807, 2.05) is 0 Å². The van der Waals surface area contributed by atoms with Crippen LogP contribution < -0.4 is 4.74 Å². The van der Waals surface area contributed by atoms with E-state index in [0.717, 1.165) is 38.5 Å². The van der Waals surface area contributed by atoms with E-state index in [9.17, 15) is 0 Å². The summed E-state index contributed by atoms with van der Waals surface area (Å²) in [6.45, 7) is 11.3. The van der Waals surface area contributed by atoms with E-state index in [1.165, 1.54) is 42.7 Å². The van der Waals surface area contributed by atoms with E-state index in [1.54, 1.807) is 7.11 Å². The Kier molecular flexibility index (Phi) is 5.01. The van der Waals surface area contributed by atoms with Gasteiger partial charge in [0.05, 0.1) is 7.11 Å². The van der Waals surface area contributed by atoms with Gasteiger partial charge in [0.2, 0.25) is 0 Å². The summed E-state index contributed by atoms with van der Waals surface area (Å²) < 4.78 is 5.69. The summed E-state index contributed by atoms with van der Waals surface area (Å²) in [5.74, 6) is 1.07. The average molecular weight is 303 g/mol. The predicted molar refractivity (Wildman–Crippen MR) is 90.4 cm³/mol. The summed E-state index contributed by atoms with van der Waals surface area (Å²) in [6, 6.07) is 4.68. The molecule has 22 heavy (non-hydrogen) atoms. The van der Waals surface area contributed by atoms with Crippen LogP contribution in [0.2, 0.25) is 0 Å². The van der Waals surface area contributed by atoms with Gasteiger partial charge < -0.3 is 9.64 Å². The van der Waals surface area contributed by atoms with Crippen LogP contribution in [0.4, 0.5) is 0 Å². The smallest absolute Gasteiger partial charge is 0.123 e. The van der Waals surface area contributed by atoms with Crippen LogP contribution in [0.25, 0.3) is 0 Å². The third kappa shape index (κ3) is 3.45. The predicted octanol–water partition coefficient (Wildman–Crippen LogP) is 1.82. The maximum atomic E-state index is 5.69. The molecule has 0 aliphatic carbocycles. The van der Waals surface area contributed by atoms with Gasteiger partial charge in [0, 0.05) is 51.4 Å². The maximum absolute atomic E-state index is 5.69. The van der Waals surface area contributed by atoms with Crippen molar-refractivity contribution in [2.45, 2.75) is 26.4 Å². The minimum Gasteiger partial charge on any atom is -0.496 e. The van der Waals surface area contributed by atoms with Crippen molar-refractivity contribution < 1.29 is 4.74 Å². The van der Waals surface area contributed by atoms with Gasteiger partial charge in [0.1, 0.15) is 5.75 Å². The first-order chi connectivity index (χ1) is 10.7. The summed E-state index contributed by atoms with van der Waals surface area (Å²) >= 11 is 0. The molecule has 0 unspecified atom stereocenters. The molecule has 1 fully saturated rings. The number of hydrogen-bond donors (Lipinski definition) is 0. The van der Waals surface area contributed by atoms with Crippen LogP contribution in [0.5, 0.6) is 5.75 Å². The fourth-order valence-corrected chi connectivity index (χ4v) is 3.53. The molecule has 0 aromatic heterocycles. The Bertz CT molecular complexity index is 509. The van der Waals surface area contributed by atoms with Gasteiger partial charge in [0.25, 0.3) is 0 Å². The van der Waals surface area contributed by atoms with E-state index in [4.69, 9.17) is 4.74 Å². The summed E-state index contributed by atoms with van der Waals surface area (Å²) in [5.41, 5.74) is 4.33. The Labute approximate surface area is 134 Å². The van der Waals surface area contributed by atoms with Gasteiger partial charge >= 0.3 is 0 Å². The molecule has 4 heteroatoms. The van der Waals surface area contributed by atoms with Crippen molar-refractivity contribution in [1.82, 2.24) is 14.7 Å². The molecule has 1 saturated heterocycles. The molecule has 122 valence electrons. The number of ether oxygens (including phenoxy) is 1. The highest BCUT2D eigenvalue weighted by Gasteiger charge is 2.20. The Morgan fingerprint density at radius 1 is 1.00 bits per heavy atom. The van der Waals surface area contributed by atoms with Gasteiger partial charge in [-0.25, -0.2) is 0 Å². The number of methoxy groups -OCH3 is 1. The number of benzene rings is 1. The first kappa shape index (κ1) is 15.8. The van der Waals surface area contributed by atoms with Crippen LogP contribution in [0, 0.1) is 0 Å². The summed E-state index contributed by atoms with van der Waals surface area (Å²) in [5, 5.41) is 0. The Balaban J connectivity index is 1.76. The fourth-order valence-electron chi connectivity index (χ4n) is 3.53. The lowest BCUT2D eigenvalue weighted by atomic mass is 9.96. The van der Waals surface area contributed by atoms with E-state index < -0.39 is 0 Å². The van der Waals surface area contributed by atoms with Crippen molar-refractivity contribution >= 4 is 0 Å². The Morgan fingerprint density at radius 3 is 2.45 bits per heavy atom. The first-order valence-electron chi connectivity index (χ1n) is 8.51. The van der Waals surface area contributed by atoms with Crippen molar-refractivity contribution in [3.8, 4) is 5.75 Å². The van der Waals surface area contributed by atoms with Gasteiger partial charge in [-0.05, 0) is 37.2 Å². The van der Waals surface area contributed by atoms with Crippen LogP contribution in [-0.4, -0.2) is 68.1 Å². The van der Waals surface area contributed by atoms with Crippen LogP contribution >= 0.6 is 0 Å². The van der Waals surface area contributed by atoms with Gasteiger partial charge in [-0.3, -0.25) is 9.80 Å². The second kappa shape index (κ2) is 6.99. The molecule has 0 atom stereocenters. The van der Waals surface area contributed by atoms with Gasteiger partial charge in [-0.2, -0.15) is 0 Å². The third-order valence-corrected chi connectivity index (χ3v) is 5.13. The van der Waals surface area contributed by atoms with Crippen molar-refractivity contribution in [2.75, 3.05) is 53.4 Å². The molecule has 1 aromatic carbocycles. The van der Waals surface area contributed by atoms with Gasteiger partial charge in [-0.15, -0.1) is 0 Å². The van der Waals surface area contributed by atoms with Crippen molar-refractivity contribution in [2.24, 2.45) is 0 Å². The summed E-state index contributed by atoms with van der Waals surface area (Å²) in [7, 11) is 4.01. The monoisotopic (exact) mass is 303 g/mol. The van der Waals surface area contributed by atoms with E-state index >= 15 is 0 Å². The number of fused-ring (bicyclic) bond motifs is 1. The van der Waals surface area contributed by atoms with Crippen molar-refractivity contribution in [3.63, 3.8) is 0 Å². The molecule has 2 aliphatic rings. The first-order valence-corrected chi connectivity index (χ1v) is 8.51. The zero-order valence-electron chi connectivity index (χ0n) is 14.3. The third-order valence-electron chi connectivity index (χ3n) is 5.13. The Morgan fingerprint density at radius 2 is 1.77 bits per heavy atom. The molecule has 0 N–H and O–H groups in total.